The number of esters is 1. The van der Waals surface area contributed by atoms with Gasteiger partial charge in [0.25, 0.3) is 0 Å². The molecule has 0 aliphatic heterocycles. The maximum Gasteiger partial charge on any atom is 0.324 e. The lowest BCUT2D eigenvalue weighted by atomic mass is 10.5. The molecule has 0 radical (unpaired) electrons. The van der Waals surface area contributed by atoms with Crippen LogP contribution in [0.5, 0.6) is 0 Å². The van der Waals surface area contributed by atoms with Crippen molar-refractivity contribution < 1.29 is 15.0 Å². The van der Waals surface area contributed by atoms with E-state index in [1.165, 1.54) is 6.92 Å². The Bertz CT molecular complexity index is 216. The van der Waals surface area contributed by atoms with Crippen molar-refractivity contribution in [2.75, 3.05) is 0 Å². The maximum absolute atomic E-state index is 10.8. The zero-order valence-electron chi connectivity index (χ0n) is 8.19. The van der Waals surface area contributed by atoms with Crippen LogP contribution in [0.1, 0.15) is 12.4 Å². The first-order chi connectivity index (χ1) is 5.25. The molecule has 0 spiro atoms. The number of ether oxygens (including phenoxy) is 1. The van der Waals surface area contributed by atoms with E-state index in [1.54, 1.807) is 0 Å². The third-order valence-corrected chi connectivity index (χ3v) is 0.749. The third kappa shape index (κ3) is 2.80. The minimum atomic E-state index is -1.64. The fourth-order valence-electron chi connectivity index (χ4n) is 0.117. The average molecular weight is 183 g/mol. The van der Waals surface area contributed by atoms with Crippen LogP contribution in [0.25, 0.3) is 0 Å². The van der Waals surface area contributed by atoms with Crippen LogP contribution in [0.2, 0.25) is 0 Å². The van der Waals surface area contributed by atoms with Gasteiger partial charge in [0.05, 0.1) is 10.4 Å². The van der Waals surface area contributed by atoms with E-state index in [0.29, 0.717) is 0 Å². The van der Waals surface area contributed by atoms with Gasteiger partial charge in [-0.25, -0.2) is 0 Å². The van der Waals surface area contributed by atoms with Crippen LogP contribution in [-0.2, 0) is 9.53 Å². The molecular weight excluding hydrogens is 172 g/mol. The first-order valence-corrected chi connectivity index (χ1v) is 2.59. The molecule has 0 aliphatic rings. The van der Waals surface area contributed by atoms with E-state index < -0.39 is 23.5 Å². The summed E-state index contributed by atoms with van der Waals surface area (Å²) in [7, 11) is 0. The van der Waals surface area contributed by atoms with Crippen molar-refractivity contribution in [1.82, 2.24) is 0 Å². The summed E-state index contributed by atoms with van der Waals surface area (Å²) < 4.78 is 31.2. The minimum Gasteiger partial charge on any atom is -0.434 e. The molecule has 0 aromatic heterocycles. The van der Waals surface area contributed by atoms with E-state index in [1.807, 2.05) is 0 Å². The second kappa shape index (κ2) is 3.66. The summed E-state index contributed by atoms with van der Waals surface area (Å²) in [6, 6.07) is 0. The second-order valence-electron chi connectivity index (χ2n) is 1.03. The molecule has 46 valence electrons. The predicted molar refractivity (Wildman–Crippen MR) is 34.7 cm³/mol. The van der Waals surface area contributed by atoms with Gasteiger partial charge in [0.2, 0.25) is 0 Å². The highest BCUT2D eigenvalue weighted by Crippen LogP contribution is 1.98. The normalized spacial score (nSPS) is 22.8. The Labute approximate surface area is 62.3 Å². The van der Waals surface area contributed by atoms with Gasteiger partial charge in [-0.3, -0.25) is 4.79 Å². The monoisotopic (exact) mass is 182 g/mol. The van der Waals surface area contributed by atoms with Crippen molar-refractivity contribution in [3.63, 3.8) is 0 Å². The molecule has 0 saturated carbocycles. The Kier molecular flexibility index (Phi) is 1.38. The summed E-state index contributed by atoms with van der Waals surface area (Å²) in [5.74, 6) is -1.02. The number of hydrogen-bond donors (Lipinski definition) is 0. The molecule has 0 unspecified atom stereocenters. The summed E-state index contributed by atoms with van der Waals surface area (Å²) in [5, 5.41) is 0. The molecule has 0 N–H and O–H groups in total. The smallest absolute Gasteiger partial charge is 0.324 e. The lowest BCUT2D eigenvalue weighted by molar-refractivity contribution is -0.136. The van der Waals surface area contributed by atoms with Crippen LogP contribution >= 0.6 is 15.9 Å². The quantitative estimate of drug-likeness (QED) is 0.368. The average Bonchev–Trinajstić information content (AvgIpc) is 1.85. The minimum absolute atomic E-state index is 0.863. The van der Waals surface area contributed by atoms with E-state index in [9.17, 15) is 4.79 Å². The van der Waals surface area contributed by atoms with E-state index in [-0.39, 0.29) is 0 Å². The Morgan fingerprint density at radius 3 is 3.50 bits per heavy atom. The zero-order valence-corrected chi connectivity index (χ0v) is 5.78. The van der Waals surface area contributed by atoms with Gasteiger partial charge >= 0.3 is 5.97 Å². The van der Waals surface area contributed by atoms with Crippen LogP contribution in [0.3, 0.4) is 0 Å². The number of carbonyl (C=O) groups excluding carboxylic acids is 1. The van der Waals surface area contributed by atoms with Gasteiger partial charge in [-0.05, 0) is 6.92 Å². The summed E-state index contributed by atoms with van der Waals surface area (Å²) >= 11 is 2.69. The highest BCUT2D eigenvalue weighted by Gasteiger charge is 2.06. The van der Waals surface area contributed by atoms with Gasteiger partial charge in [0, 0.05) is 0 Å². The van der Waals surface area contributed by atoms with Crippen molar-refractivity contribution in [1.29, 1.82) is 0 Å². The lowest BCUT2D eigenvalue weighted by Crippen LogP contribution is -2.09. The predicted octanol–water partition coefficient (Wildman–Crippen LogP) is 1.46. The molecule has 3 heteroatoms. The van der Waals surface area contributed by atoms with E-state index in [0.717, 1.165) is 0 Å². The fourth-order valence-corrected chi connectivity index (χ4v) is 0.198. The van der Waals surface area contributed by atoms with Crippen LogP contribution in [0.15, 0.2) is 12.8 Å². The molecule has 8 heavy (non-hydrogen) atoms. The lowest BCUT2D eigenvalue weighted by Gasteiger charge is -1.97. The van der Waals surface area contributed by atoms with Gasteiger partial charge in [0.1, 0.15) is 6.17 Å². The molecule has 0 aromatic rings. The van der Waals surface area contributed by atoms with E-state index >= 15 is 0 Å². The Balaban J connectivity index is 4.32. The van der Waals surface area contributed by atoms with Crippen molar-refractivity contribution in [3.05, 3.63) is 12.8 Å². The first kappa shape index (κ1) is 3.01. The van der Waals surface area contributed by atoms with Crippen molar-refractivity contribution in [2.24, 2.45) is 0 Å². The molecule has 0 bridgehead atoms. The van der Waals surface area contributed by atoms with Crippen molar-refractivity contribution in [2.45, 2.75) is 11.7 Å². The number of rotatable bonds is 2. The molecular formula is C5H7BrO2. The molecule has 1 atom stereocenters. The number of carbonyl (C=O) groups is 1. The Hall–Kier alpha value is -0.310. The second-order valence-corrected chi connectivity index (χ2v) is 2.21. The molecule has 0 aromatic carbocycles. The van der Waals surface area contributed by atoms with Crippen LogP contribution in [0, 0.1) is 0 Å². The van der Waals surface area contributed by atoms with Gasteiger partial charge in [-0.1, -0.05) is 22.5 Å². The van der Waals surface area contributed by atoms with Crippen LogP contribution in [-0.4, -0.2) is 10.8 Å². The van der Waals surface area contributed by atoms with Gasteiger partial charge in [-0.2, -0.15) is 0 Å². The Morgan fingerprint density at radius 1 is 2.50 bits per heavy atom. The first-order valence-electron chi connectivity index (χ1n) is 3.80. The van der Waals surface area contributed by atoms with Gasteiger partial charge < -0.3 is 4.74 Å². The molecule has 2 nitrogen and oxygen atoms in total. The third-order valence-electron chi connectivity index (χ3n) is 0.425. The molecule has 0 fully saturated rings. The number of alkyl halides is 1. The summed E-state index contributed by atoms with van der Waals surface area (Å²) in [5.41, 5.74) is 0. The zero-order chi connectivity index (χ0) is 9.94. The molecule has 0 amide bonds. The summed E-state index contributed by atoms with van der Waals surface area (Å²) in [6.45, 7) is 0.316. The van der Waals surface area contributed by atoms with Crippen molar-refractivity contribution >= 4 is 21.9 Å². The number of hydrogen-bond acceptors (Lipinski definition) is 2. The maximum atomic E-state index is 10.8. The fraction of sp³-hybridized carbons (Fsp3) is 0.400. The molecule has 0 rings (SSSR count). The Morgan fingerprint density at radius 2 is 3.12 bits per heavy atom. The highest BCUT2D eigenvalue weighted by atomic mass is 79.9. The summed E-state index contributed by atoms with van der Waals surface area (Å²) in [6.07, 6.45) is -0.863. The van der Waals surface area contributed by atoms with Gasteiger partial charge in [0.15, 0.2) is 0 Å². The van der Waals surface area contributed by atoms with E-state index in [4.69, 9.17) is 5.48 Å². The summed E-state index contributed by atoms with van der Waals surface area (Å²) in [4.78, 5) is 9.16. The van der Waals surface area contributed by atoms with Gasteiger partial charge in [-0.15, -0.1) is 0 Å². The largest absolute Gasteiger partial charge is 0.434 e. The van der Waals surface area contributed by atoms with E-state index in [2.05, 4.69) is 20.7 Å². The number of halogens is 1. The molecule has 0 heterocycles. The highest BCUT2D eigenvalue weighted by molar-refractivity contribution is 9.10. The van der Waals surface area contributed by atoms with Crippen LogP contribution in [0.4, 0.5) is 0 Å². The van der Waals surface area contributed by atoms with Crippen LogP contribution < -0.4 is 0 Å². The molecule has 0 saturated heterocycles. The van der Waals surface area contributed by atoms with Crippen molar-refractivity contribution in [3.8, 4) is 0 Å². The molecule has 0 aliphatic carbocycles. The SMILES string of the molecule is [2H]C([2H])=C([2H])OC(=O)[C@@]([2H])(C)Br. The standard InChI is InChI=1S/C5H7BrO2/c1-3-8-5(7)4(2)6/h3-4H,1H2,2H3/t4-/m1/s1/i1D2,3D,4D. The topological polar surface area (TPSA) is 26.3 Å².